The zero-order valence-electron chi connectivity index (χ0n) is 14.6. The fourth-order valence-electron chi connectivity index (χ4n) is 3.40. The van der Waals surface area contributed by atoms with Gasteiger partial charge in [0.05, 0.1) is 0 Å². The number of amides is 1. The Morgan fingerprint density at radius 2 is 1.39 bits per heavy atom. The van der Waals surface area contributed by atoms with E-state index in [0.29, 0.717) is 5.91 Å². The predicted molar refractivity (Wildman–Crippen MR) is 94.5 cm³/mol. The summed E-state index contributed by atoms with van der Waals surface area (Å²) in [6.07, 6.45) is 5.26. The van der Waals surface area contributed by atoms with Crippen molar-refractivity contribution in [3.05, 3.63) is 0 Å². The smallest absolute Gasteiger partial charge is 0.222 e. The van der Waals surface area contributed by atoms with Crippen molar-refractivity contribution in [1.82, 2.24) is 20.0 Å². The summed E-state index contributed by atoms with van der Waals surface area (Å²) in [5, 5.41) is 3.29. The Bertz CT molecular complexity index is 325. The first kappa shape index (κ1) is 18.6. The lowest BCUT2D eigenvalue weighted by molar-refractivity contribution is -0.131. The topological polar surface area (TPSA) is 64.8 Å². The molecule has 2 heterocycles. The fourth-order valence-corrected chi connectivity index (χ4v) is 3.40. The van der Waals surface area contributed by atoms with Crippen LogP contribution in [0.2, 0.25) is 0 Å². The third kappa shape index (κ3) is 7.16. The minimum atomic E-state index is 0.344. The normalized spacial score (nSPS) is 20.8. The molecular formula is C17H35N5O. The largest absolute Gasteiger partial charge is 0.340 e. The fraction of sp³-hybridized carbons (Fsp3) is 0.941. The average molecular weight is 326 g/mol. The SMILES string of the molecule is NCCCCN1CCN(CCCCC(=O)N2CCNCC2)CC1. The lowest BCUT2D eigenvalue weighted by Crippen LogP contribution is -2.47. The van der Waals surface area contributed by atoms with Crippen molar-refractivity contribution in [1.29, 1.82) is 0 Å². The monoisotopic (exact) mass is 325 g/mol. The van der Waals surface area contributed by atoms with Crippen molar-refractivity contribution < 1.29 is 4.79 Å². The predicted octanol–water partition coefficient (Wildman–Crippen LogP) is -0.0550. The molecule has 6 heteroatoms. The molecule has 0 bridgehead atoms. The minimum Gasteiger partial charge on any atom is -0.340 e. The van der Waals surface area contributed by atoms with Gasteiger partial charge in [0, 0.05) is 58.8 Å². The summed E-state index contributed by atoms with van der Waals surface area (Å²) >= 11 is 0. The highest BCUT2D eigenvalue weighted by Gasteiger charge is 2.17. The summed E-state index contributed by atoms with van der Waals surface area (Å²) in [5.74, 6) is 0.344. The van der Waals surface area contributed by atoms with E-state index in [0.717, 1.165) is 65.0 Å². The summed E-state index contributed by atoms with van der Waals surface area (Å²) in [7, 11) is 0. The quantitative estimate of drug-likeness (QED) is 0.582. The van der Waals surface area contributed by atoms with Crippen LogP contribution in [0.1, 0.15) is 32.1 Å². The van der Waals surface area contributed by atoms with Gasteiger partial charge in [0.25, 0.3) is 0 Å². The maximum atomic E-state index is 12.1. The summed E-state index contributed by atoms with van der Waals surface area (Å²) in [6.45, 7) is 11.5. The third-order valence-electron chi connectivity index (χ3n) is 4.98. The minimum absolute atomic E-state index is 0.344. The van der Waals surface area contributed by atoms with Gasteiger partial charge in [-0.2, -0.15) is 0 Å². The molecule has 0 spiro atoms. The van der Waals surface area contributed by atoms with E-state index in [9.17, 15) is 4.79 Å². The molecule has 2 rings (SSSR count). The maximum Gasteiger partial charge on any atom is 0.222 e. The Balaban J connectivity index is 1.48. The summed E-state index contributed by atoms with van der Waals surface area (Å²) in [5.41, 5.74) is 5.55. The third-order valence-corrected chi connectivity index (χ3v) is 4.98. The molecule has 0 aliphatic carbocycles. The van der Waals surface area contributed by atoms with Crippen LogP contribution in [0, 0.1) is 0 Å². The van der Waals surface area contributed by atoms with Gasteiger partial charge >= 0.3 is 0 Å². The molecule has 134 valence electrons. The van der Waals surface area contributed by atoms with Crippen LogP contribution in [0.4, 0.5) is 0 Å². The van der Waals surface area contributed by atoms with Gasteiger partial charge < -0.3 is 25.8 Å². The Morgan fingerprint density at radius 3 is 1.96 bits per heavy atom. The Morgan fingerprint density at radius 1 is 0.826 bits per heavy atom. The molecule has 0 radical (unpaired) electrons. The van der Waals surface area contributed by atoms with Crippen molar-refractivity contribution in [2.75, 3.05) is 72.0 Å². The van der Waals surface area contributed by atoms with Crippen molar-refractivity contribution >= 4 is 5.91 Å². The van der Waals surface area contributed by atoms with Crippen LogP contribution < -0.4 is 11.1 Å². The van der Waals surface area contributed by atoms with E-state index in [1.807, 2.05) is 4.90 Å². The Kier molecular flexibility index (Phi) is 8.89. The highest BCUT2D eigenvalue weighted by molar-refractivity contribution is 5.76. The second-order valence-electron chi connectivity index (χ2n) is 6.77. The van der Waals surface area contributed by atoms with Gasteiger partial charge in [0.15, 0.2) is 0 Å². The van der Waals surface area contributed by atoms with Crippen LogP contribution in [0.5, 0.6) is 0 Å². The molecule has 2 fully saturated rings. The van der Waals surface area contributed by atoms with E-state index in [-0.39, 0.29) is 0 Å². The van der Waals surface area contributed by atoms with E-state index in [4.69, 9.17) is 5.73 Å². The van der Waals surface area contributed by atoms with Crippen molar-refractivity contribution in [2.45, 2.75) is 32.1 Å². The number of rotatable bonds is 9. The molecule has 0 aromatic carbocycles. The van der Waals surface area contributed by atoms with Gasteiger partial charge in [-0.3, -0.25) is 4.79 Å². The summed E-state index contributed by atoms with van der Waals surface area (Å²) in [4.78, 5) is 19.2. The molecule has 1 amide bonds. The standard InChI is InChI=1S/C17H35N5O/c18-6-2-4-10-21-15-13-20(14-16-21)9-3-1-5-17(23)22-11-7-19-8-12-22/h19H,1-16,18H2. The first-order chi connectivity index (χ1) is 11.3. The van der Waals surface area contributed by atoms with E-state index >= 15 is 0 Å². The molecule has 23 heavy (non-hydrogen) atoms. The Hall–Kier alpha value is -0.690. The number of hydrogen-bond donors (Lipinski definition) is 2. The molecule has 2 aliphatic rings. The molecule has 0 saturated carbocycles. The number of nitrogens with one attached hydrogen (secondary N) is 1. The van der Waals surface area contributed by atoms with Gasteiger partial charge in [0.1, 0.15) is 0 Å². The highest BCUT2D eigenvalue weighted by atomic mass is 16.2. The van der Waals surface area contributed by atoms with Gasteiger partial charge in [-0.1, -0.05) is 0 Å². The first-order valence-corrected chi connectivity index (χ1v) is 9.43. The van der Waals surface area contributed by atoms with Gasteiger partial charge in [-0.05, 0) is 45.3 Å². The van der Waals surface area contributed by atoms with Gasteiger partial charge in [0.2, 0.25) is 5.91 Å². The number of nitrogens with two attached hydrogens (primary N) is 1. The molecule has 0 atom stereocenters. The molecule has 2 aliphatic heterocycles. The van der Waals surface area contributed by atoms with E-state index in [2.05, 4.69) is 15.1 Å². The Labute approximate surface area is 141 Å². The van der Waals surface area contributed by atoms with Crippen LogP contribution in [-0.2, 0) is 4.79 Å². The average Bonchev–Trinajstić information content (AvgIpc) is 2.61. The number of unbranched alkanes of at least 4 members (excludes halogenated alkanes) is 2. The van der Waals surface area contributed by atoms with Crippen LogP contribution in [-0.4, -0.2) is 92.6 Å². The van der Waals surface area contributed by atoms with E-state index in [1.165, 1.54) is 39.1 Å². The number of nitrogens with zero attached hydrogens (tertiary/aromatic N) is 3. The molecular weight excluding hydrogens is 290 g/mol. The number of carbonyl (C=O) groups is 1. The lowest BCUT2D eigenvalue weighted by Gasteiger charge is -2.34. The van der Waals surface area contributed by atoms with Crippen LogP contribution in [0.25, 0.3) is 0 Å². The molecule has 2 saturated heterocycles. The summed E-state index contributed by atoms with van der Waals surface area (Å²) in [6, 6.07) is 0. The highest BCUT2D eigenvalue weighted by Crippen LogP contribution is 2.07. The van der Waals surface area contributed by atoms with Crippen molar-refractivity contribution in [2.24, 2.45) is 5.73 Å². The lowest BCUT2D eigenvalue weighted by atomic mass is 10.2. The zero-order valence-corrected chi connectivity index (χ0v) is 14.6. The number of carbonyl (C=O) groups excluding carboxylic acids is 1. The summed E-state index contributed by atoms with van der Waals surface area (Å²) < 4.78 is 0. The van der Waals surface area contributed by atoms with Crippen LogP contribution >= 0.6 is 0 Å². The van der Waals surface area contributed by atoms with Crippen molar-refractivity contribution in [3.63, 3.8) is 0 Å². The molecule has 6 nitrogen and oxygen atoms in total. The second kappa shape index (κ2) is 11.0. The number of piperazine rings is 2. The molecule has 0 unspecified atom stereocenters. The van der Waals surface area contributed by atoms with Gasteiger partial charge in [-0.25, -0.2) is 0 Å². The first-order valence-electron chi connectivity index (χ1n) is 9.43. The van der Waals surface area contributed by atoms with E-state index < -0.39 is 0 Å². The maximum absolute atomic E-state index is 12.1. The van der Waals surface area contributed by atoms with Crippen LogP contribution in [0.15, 0.2) is 0 Å². The van der Waals surface area contributed by atoms with Gasteiger partial charge in [-0.15, -0.1) is 0 Å². The molecule has 0 aromatic rings. The van der Waals surface area contributed by atoms with E-state index in [1.54, 1.807) is 0 Å². The molecule has 3 N–H and O–H groups in total. The second-order valence-corrected chi connectivity index (χ2v) is 6.77. The van der Waals surface area contributed by atoms with Crippen LogP contribution in [0.3, 0.4) is 0 Å². The zero-order chi connectivity index (χ0) is 16.3. The van der Waals surface area contributed by atoms with Crippen molar-refractivity contribution in [3.8, 4) is 0 Å². The molecule has 0 aromatic heterocycles. The number of hydrogen-bond acceptors (Lipinski definition) is 5.